The van der Waals surface area contributed by atoms with Gasteiger partial charge in [0.2, 0.25) is 0 Å². The first-order valence-corrected chi connectivity index (χ1v) is 9.64. The van der Waals surface area contributed by atoms with E-state index in [-0.39, 0.29) is 0 Å². The van der Waals surface area contributed by atoms with Gasteiger partial charge in [-0.15, -0.1) is 0 Å². The second kappa shape index (κ2) is 13.6. The van der Waals surface area contributed by atoms with Crippen molar-refractivity contribution < 1.29 is 4.74 Å². The van der Waals surface area contributed by atoms with E-state index >= 15 is 0 Å². The summed E-state index contributed by atoms with van der Waals surface area (Å²) >= 11 is 0. The lowest BCUT2D eigenvalue weighted by molar-refractivity contribution is -0.0405. The SMILES string of the molecule is CCCCCC(CC(C)C)OC(CCCCC)CC(C)C. The summed E-state index contributed by atoms with van der Waals surface area (Å²) in [7, 11) is 0. The molecule has 0 aromatic rings. The Kier molecular flexibility index (Phi) is 13.6. The van der Waals surface area contributed by atoms with E-state index in [4.69, 9.17) is 4.74 Å². The van der Waals surface area contributed by atoms with Crippen LogP contribution in [0.4, 0.5) is 0 Å². The van der Waals surface area contributed by atoms with Crippen molar-refractivity contribution in [2.75, 3.05) is 0 Å². The summed E-state index contributed by atoms with van der Waals surface area (Å²) in [6.07, 6.45) is 13.9. The van der Waals surface area contributed by atoms with Gasteiger partial charge in [-0.05, 0) is 37.5 Å². The highest BCUT2D eigenvalue weighted by Crippen LogP contribution is 2.22. The minimum Gasteiger partial charge on any atom is -0.375 e. The second-order valence-electron chi connectivity index (χ2n) is 7.63. The van der Waals surface area contributed by atoms with Crippen LogP contribution in [0.3, 0.4) is 0 Å². The predicted octanol–water partition coefficient (Wildman–Crippen LogP) is 6.99. The maximum atomic E-state index is 6.57. The molecule has 0 saturated heterocycles. The minimum absolute atomic E-state index is 0.488. The Balaban J connectivity index is 4.36. The van der Waals surface area contributed by atoms with Gasteiger partial charge in [-0.3, -0.25) is 0 Å². The van der Waals surface area contributed by atoms with E-state index in [1.54, 1.807) is 0 Å². The molecule has 0 amide bonds. The minimum atomic E-state index is 0.488. The Morgan fingerprint density at radius 2 is 1.00 bits per heavy atom. The monoisotopic (exact) mass is 298 g/mol. The van der Waals surface area contributed by atoms with E-state index < -0.39 is 0 Å². The van der Waals surface area contributed by atoms with Crippen molar-refractivity contribution >= 4 is 0 Å². The summed E-state index contributed by atoms with van der Waals surface area (Å²) in [5, 5.41) is 0. The number of unbranched alkanes of at least 4 members (excludes halogenated alkanes) is 4. The Bertz CT molecular complexity index is 188. The van der Waals surface area contributed by atoms with Gasteiger partial charge < -0.3 is 4.74 Å². The van der Waals surface area contributed by atoms with E-state index in [1.165, 1.54) is 64.2 Å². The first-order chi connectivity index (χ1) is 9.99. The summed E-state index contributed by atoms with van der Waals surface area (Å²) in [5.41, 5.74) is 0. The highest BCUT2D eigenvalue weighted by molar-refractivity contribution is 4.68. The van der Waals surface area contributed by atoms with Crippen LogP contribution in [-0.2, 0) is 4.74 Å². The molecule has 0 aliphatic carbocycles. The third-order valence-electron chi connectivity index (χ3n) is 4.11. The van der Waals surface area contributed by atoms with Gasteiger partial charge in [0, 0.05) is 0 Å². The molecule has 0 spiro atoms. The van der Waals surface area contributed by atoms with Gasteiger partial charge >= 0.3 is 0 Å². The average molecular weight is 299 g/mol. The van der Waals surface area contributed by atoms with Gasteiger partial charge in [0.1, 0.15) is 0 Å². The first kappa shape index (κ1) is 21.0. The lowest BCUT2D eigenvalue weighted by Gasteiger charge is -2.27. The summed E-state index contributed by atoms with van der Waals surface area (Å²) in [4.78, 5) is 0. The van der Waals surface area contributed by atoms with Crippen LogP contribution in [0.25, 0.3) is 0 Å². The third kappa shape index (κ3) is 13.4. The number of hydrogen-bond acceptors (Lipinski definition) is 1. The van der Waals surface area contributed by atoms with Crippen molar-refractivity contribution in [1.82, 2.24) is 0 Å². The van der Waals surface area contributed by atoms with E-state index in [0.29, 0.717) is 12.2 Å². The summed E-state index contributed by atoms with van der Waals surface area (Å²) < 4.78 is 6.57. The third-order valence-corrected chi connectivity index (χ3v) is 4.11. The van der Waals surface area contributed by atoms with Gasteiger partial charge in [0.05, 0.1) is 12.2 Å². The molecule has 1 heteroatoms. The molecular weight excluding hydrogens is 256 g/mol. The van der Waals surface area contributed by atoms with E-state index in [1.807, 2.05) is 0 Å². The van der Waals surface area contributed by atoms with Crippen LogP contribution in [0.5, 0.6) is 0 Å². The quantitative estimate of drug-likeness (QED) is 0.314. The highest BCUT2D eigenvalue weighted by atomic mass is 16.5. The molecule has 0 heterocycles. The second-order valence-corrected chi connectivity index (χ2v) is 7.63. The Labute approximate surface area is 135 Å². The van der Waals surface area contributed by atoms with Crippen LogP contribution in [0.1, 0.15) is 106 Å². The van der Waals surface area contributed by atoms with Gasteiger partial charge in [0.15, 0.2) is 0 Å². The fraction of sp³-hybridized carbons (Fsp3) is 1.00. The molecule has 1 nitrogen and oxygen atoms in total. The fourth-order valence-electron chi connectivity index (χ4n) is 3.05. The van der Waals surface area contributed by atoms with Crippen molar-refractivity contribution in [2.45, 2.75) is 118 Å². The van der Waals surface area contributed by atoms with Crippen molar-refractivity contribution in [3.05, 3.63) is 0 Å². The van der Waals surface area contributed by atoms with Crippen molar-refractivity contribution in [3.63, 3.8) is 0 Å². The van der Waals surface area contributed by atoms with E-state index in [0.717, 1.165) is 11.8 Å². The molecule has 0 rings (SSSR count). The number of ether oxygens (including phenoxy) is 1. The Hall–Kier alpha value is -0.0400. The average Bonchev–Trinajstić information content (AvgIpc) is 2.37. The van der Waals surface area contributed by atoms with Crippen LogP contribution in [0, 0.1) is 11.8 Å². The molecule has 128 valence electrons. The number of hydrogen-bond donors (Lipinski definition) is 0. The zero-order chi connectivity index (χ0) is 16.1. The molecule has 21 heavy (non-hydrogen) atoms. The van der Waals surface area contributed by atoms with E-state index in [9.17, 15) is 0 Å². The van der Waals surface area contributed by atoms with Crippen LogP contribution in [0.2, 0.25) is 0 Å². The van der Waals surface area contributed by atoms with Crippen LogP contribution in [0.15, 0.2) is 0 Å². The maximum absolute atomic E-state index is 6.57. The van der Waals surface area contributed by atoms with Crippen LogP contribution < -0.4 is 0 Å². The van der Waals surface area contributed by atoms with E-state index in [2.05, 4.69) is 41.5 Å². The fourth-order valence-corrected chi connectivity index (χ4v) is 3.05. The maximum Gasteiger partial charge on any atom is 0.0581 e. The molecule has 0 N–H and O–H groups in total. The highest BCUT2D eigenvalue weighted by Gasteiger charge is 2.18. The molecule has 0 aromatic carbocycles. The van der Waals surface area contributed by atoms with Crippen molar-refractivity contribution in [3.8, 4) is 0 Å². The molecular formula is C20H42O. The lowest BCUT2D eigenvalue weighted by atomic mass is 9.98. The van der Waals surface area contributed by atoms with Gasteiger partial charge in [-0.25, -0.2) is 0 Å². The van der Waals surface area contributed by atoms with Crippen molar-refractivity contribution in [2.24, 2.45) is 11.8 Å². The zero-order valence-corrected chi connectivity index (χ0v) is 15.8. The van der Waals surface area contributed by atoms with Crippen molar-refractivity contribution in [1.29, 1.82) is 0 Å². The standard InChI is InChI=1S/C20H42O/c1-7-9-11-13-19(15-17(3)4)21-20(16-18(5)6)14-12-10-8-2/h17-20H,7-16H2,1-6H3. The molecule has 0 aromatic heterocycles. The van der Waals surface area contributed by atoms with Crippen LogP contribution in [-0.4, -0.2) is 12.2 Å². The molecule has 0 aliphatic heterocycles. The van der Waals surface area contributed by atoms with Gasteiger partial charge in [0.25, 0.3) is 0 Å². The van der Waals surface area contributed by atoms with Crippen LogP contribution >= 0.6 is 0 Å². The molecule has 2 unspecified atom stereocenters. The number of rotatable bonds is 14. The molecule has 0 bridgehead atoms. The topological polar surface area (TPSA) is 9.23 Å². The summed E-state index contributed by atoms with van der Waals surface area (Å²) in [6, 6.07) is 0. The smallest absolute Gasteiger partial charge is 0.0581 e. The summed E-state index contributed by atoms with van der Waals surface area (Å²) in [6.45, 7) is 13.9. The first-order valence-electron chi connectivity index (χ1n) is 9.64. The Morgan fingerprint density at radius 1 is 0.619 bits per heavy atom. The molecule has 0 aliphatic rings. The summed E-state index contributed by atoms with van der Waals surface area (Å²) in [5.74, 6) is 1.49. The Morgan fingerprint density at radius 3 is 1.29 bits per heavy atom. The molecule has 0 saturated carbocycles. The van der Waals surface area contributed by atoms with Gasteiger partial charge in [-0.1, -0.05) is 80.1 Å². The predicted molar refractivity (Wildman–Crippen MR) is 95.9 cm³/mol. The lowest BCUT2D eigenvalue weighted by Crippen LogP contribution is -2.25. The molecule has 0 radical (unpaired) electrons. The molecule has 2 atom stereocenters. The zero-order valence-electron chi connectivity index (χ0n) is 15.8. The van der Waals surface area contributed by atoms with Gasteiger partial charge in [-0.2, -0.15) is 0 Å². The molecule has 0 fully saturated rings. The normalized spacial score (nSPS) is 14.9. The largest absolute Gasteiger partial charge is 0.375 e.